The fourth-order valence-electron chi connectivity index (χ4n) is 3.67. The molecule has 2 aliphatic heterocycles. The van der Waals surface area contributed by atoms with E-state index in [2.05, 4.69) is 66.8 Å². The van der Waals surface area contributed by atoms with Gasteiger partial charge in [-0.3, -0.25) is 4.90 Å². The van der Waals surface area contributed by atoms with Gasteiger partial charge in [0.2, 0.25) is 0 Å². The summed E-state index contributed by atoms with van der Waals surface area (Å²) in [7, 11) is 2.22. The summed E-state index contributed by atoms with van der Waals surface area (Å²) in [5.74, 6) is 0.905. The zero-order valence-corrected chi connectivity index (χ0v) is 14.7. The van der Waals surface area contributed by atoms with E-state index in [1.54, 1.807) is 0 Å². The second kappa shape index (κ2) is 6.21. The van der Waals surface area contributed by atoms with E-state index in [1.807, 2.05) is 0 Å². The summed E-state index contributed by atoms with van der Waals surface area (Å²) in [4.78, 5) is 7.60. The normalized spacial score (nSPS) is 21.9. The molecule has 0 bridgehead atoms. The fourth-order valence-corrected chi connectivity index (χ4v) is 3.67. The molecule has 3 heteroatoms. The van der Waals surface area contributed by atoms with Crippen molar-refractivity contribution in [3.8, 4) is 0 Å². The van der Waals surface area contributed by atoms with Crippen LogP contribution in [-0.4, -0.2) is 62.7 Å². The predicted octanol–water partition coefficient (Wildman–Crippen LogP) is 2.67. The van der Waals surface area contributed by atoms with Gasteiger partial charge in [0, 0.05) is 51.5 Å². The van der Waals surface area contributed by atoms with Crippen molar-refractivity contribution >= 4 is 5.69 Å². The Kier molecular flexibility index (Phi) is 4.47. The third-order valence-corrected chi connectivity index (χ3v) is 5.13. The van der Waals surface area contributed by atoms with Gasteiger partial charge in [0.1, 0.15) is 0 Å². The van der Waals surface area contributed by atoms with Crippen LogP contribution >= 0.6 is 0 Å². The molecule has 1 aromatic rings. The van der Waals surface area contributed by atoms with Crippen molar-refractivity contribution in [3.63, 3.8) is 0 Å². The number of piperazine rings is 1. The fraction of sp³-hybridized carbons (Fsp3) is 0.684. The van der Waals surface area contributed by atoms with Crippen LogP contribution < -0.4 is 4.90 Å². The van der Waals surface area contributed by atoms with Gasteiger partial charge in [-0.2, -0.15) is 0 Å². The lowest BCUT2D eigenvalue weighted by Crippen LogP contribution is -2.53. The quantitative estimate of drug-likeness (QED) is 0.850. The first-order valence-electron chi connectivity index (χ1n) is 8.68. The maximum Gasteiger partial charge on any atom is 0.0367 e. The minimum Gasteiger partial charge on any atom is -0.369 e. The van der Waals surface area contributed by atoms with Gasteiger partial charge in [0.15, 0.2) is 0 Å². The average molecular weight is 301 g/mol. The molecule has 0 aromatic heterocycles. The number of hydrogen-bond donors (Lipinski definition) is 0. The molecule has 2 aliphatic rings. The number of likely N-dealkylation sites (tertiary alicyclic amines) is 1. The molecule has 0 atom stereocenters. The van der Waals surface area contributed by atoms with E-state index in [1.165, 1.54) is 44.0 Å². The van der Waals surface area contributed by atoms with Crippen LogP contribution in [0.25, 0.3) is 0 Å². The summed E-state index contributed by atoms with van der Waals surface area (Å²) in [5, 5.41) is 0. The van der Waals surface area contributed by atoms with E-state index in [0.717, 1.165) is 19.0 Å². The highest BCUT2D eigenvalue weighted by Crippen LogP contribution is 2.25. The van der Waals surface area contributed by atoms with Gasteiger partial charge in [-0.05, 0) is 36.1 Å². The third kappa shape index (κ3) is 3.64. The summed E-state index contributed by atoms with van der Waals surface area (Å²) < 4.78 is 0. The Labute approximate surface area is 135 Å². The van der Waals surface area contributed by atoms with Crippen molar-refractivity contribution in [1.82, 2.24) is 9.80 Å². The number of anilines is 1. The molecule has 2 fully saturated rings. The molecule has 3 rings (SSSR count). The first-order chi connectivity index (χ1) is 10.4. The Morgan fingerprint density at radius 1 is 0.955 bits per heavy atom. The smallest absolute Gasteiger partial charge is 0.0367 e. The number of nitrogens with zero attached hydrogens (tertiary/aromatic N) is 3. The SMILES string of the molecule is CN1CC(CN2CCN(c3ccc(C(C)(C)C)cc3)CC2)C1. The number of benzene rings is 1. The van der Waals surface area contributed by atoms with E-state index in [4.69, 9.17) is 0 Å². The lowest BCUT2D eigenvalue weighted by molar-refractivity contribution is 0.0883. The van der Waals surface area contributed by atoms with Crippen LogP contribution in [0.15, 0.2) is 24.3 Å². The van der Waals surface area contributed by atoms with Crippen molar-refractivity contribution in [3.05, 3.63) is 29.8 Å². The molecule has 0 unspecified atom stereocenters. The van der Waals surface area contributed by atoms with E-state index in [0.29, 0.717) is 0 Å². The van der Waals surface area contributed by atoms with Gasteiger partial charge in [0.05, 0.1) is 0 Å². The van der Waals surface area contributed by atoms with Crippen LogP contribution in [0.1, 0.15) is 26.3 Å². The second-order valence-electron chi connectivity index (χ2n) is 8.17. The van der Waals surface area contributed by atoms with E-state index in [-0.39, 0.29) is 5.41 Å². The maximum absolute atomic E-state index is 2.65. The van der Waals surface area contributed by atoms with Gasteiger partial charge in [-0.25, -0.2) is 0 Å². The van der Waals surface area contributed by atoms with Crippen LogP contribution in [0.2, 0.25) is 0 Å². The van der Waals surface area contributed by atoms with E-state index in [9.17, 15) is 0 Å². The van der Waals surface area contributed by atoms with Crippen molar-refractivity contribution in [1.29, 1.82) is 0 Å². The molecule has 2 heterocycles. The summed E-state index contributed by atoms with van der Waals surface area (Å²) in [6, 6.07) is 9.20. The Hall–Kier alpha value is -1.06. The lowest BCUT2D eigenvalue weighted by atomic mass is 9.87. The van der Waals surface area contributed by atoms with Crippen molar-refractivity contribution in [2.75, 3.05) is 57.8 Å². The van der Waals surface area contributed by atoms with Crippen LogP contribution in [0.5, 0.6) is 0 Å². The molecular formula is C19H31N3. The molecular weight excluding hydrogens is 270 g/mol. The van der Waals surface area contributed by atoms with Crippen LogP contribution in [0.3, 0.4) is 0 Å². The van der Waals surface area contributed by atoms with Crippen molar-refractivity contribution in [2.24, 2.45) is 5.92 Å². The van der Waals surface area contributed by atoms with Gasteiger partial charge in [-0.1, -0.05) is 32.9 Å². The van der Waals surface area contributed by atoms with Crippen molar-refractivity contribution in [2.45, 2.75) is 26.2 Å². The summed E-state index contributed by atoms with van der Waals surface area (Å²) in [6.45, 7) is 15.4. The zero-order valence-electron chi connectivity index (χ0n) is 14.7. The largest absolute Gasteiger partial charge is 0.369 e. The standard InChI is InChI=1S/C19H31N3/c1-19(2,3)17-5-7-18(8-6-17)22-11-9-21(10-12-22)15-16-13-20(4)14-16/h5-8,16H,9-15H2,1-4H3. The molecule has 0 amide bonds. The van der Waals surface area contributed by atoms with E-state index >= 15 is 0 Å². The highest BCUT2D eigenvalue weighted by molar-refractivity contribution is 5.49. The lowest BCUT2D eigenvalue weighted by Gasteiger charge is -2.42. The molecule has 0 N–H and O–H groups in total. The summed E-state index contributed by atoms with van der Waals surface area (Å²) in [6.07, 6.45) is 0. The van der Waals surface area contributed by atoms with Gasteiger partial charge < -0.3 is 9.80 Å². The Balaban J connectivity index is 1.50. The second-order valence-corrected chi connectivity index (χ2v) is 8.17. The summed E-state index contributed by atoms with van der Waals surface area (Å²) >= 11 is 0. The molecule has 122 valence electrons. The van der Waals surface area contributed by atoms with Crippen molar-refractivity contribution < 1.29 is 0 Å². The van der Waals surface area contributed by atoms with E-state index < -0.39 is 0 Å². The molecule has 0 aliphatic carbocycles. The zero-order chi connectivity index (χ0) is 15.7. The van der Waals surface area contributed by atoms with Crippen LogP contribution in [-0.2, 0) is 5.41 Å². The number of rotatable bonds is 3. The molecule has 1 aromatic carbocycles. The molecule has 0 radical (unpaired) electrons. The number of hydrogen-bond acceptors (Lipinski definition) is 3. The minimum atomic E-state index is 0.243. The monoisotopic (exact) mass is 301 g/mol. The predicted molar refractivity (Wildman–Crippen MR) is 94.8 cm³/mol. The minimum absolute atomic E-state index is 0.243. The Morgan fingerprint density at radius 3 is 2.05 bits per heavy atom. The highest BCUT2D eigenvalue weighted by Gasteiger charge is 2.27. The van der Waals surface area contributed by atoms with Gasteiger partial charge in [0.25, 0.3) is 0 Å². The highest BCUT2D eigenvalue weighted by atomic mass is 15.3. The maximum atomic E-state index is 2.65. The molecule has 3 nitrogen and oxygen atoms in total. The molecule has 2 saturated heterocycles. The molecule has 0 spiro atoms. The van der Waals surface area contributed by atoms with Gasteiger partial charge >= 0.3 is 0 Å². The topological polar surface area (TPSA) is 9.72 Å². The van der Waals surface area contributed by atoms with Crippen LogP contribution in [0.4, 0.5) is 5.69 Å². The van der Waals surface area contributed by atoms with Gasteiger partial charge in [-0.15, -0.1) is 0 Å². The Morgan fingerprint density at radius 2 is 1.55 bits per heavy atom. The molecule has 22 heavy (non-hydrogen) atoms. The third-order valence-electron chi connectivity index (χ3n) is 5.13. The first kappa shape index (κ1) is 15.8. The summed E-state index contributed by atoms with van der Waals surface area (Å²) in [5.41, 5.74) is 3.05. The first-order valence-corrected chi connectivity index (χ1v) is 8.68. The molecule has 0 saturated carbocycles. The van der Waals surface area contributed by atoms with Crippen LogP contribution in [0, 0.1) is 5.92 Å². The average Bonchev–Trinajstić information content (AvgIpc) is 2.46. The Bertz CT molecular complexity index is 474.